The number of halogens is 3. The van der Waals surface area contributed by atoms with E-state index in [0.29, 0.717) is 0 Å². The largest absolute Gasteiger partial charge is 1.00 e. The molecule has 0 rings (SSSR count). The molecule has 0 amide bonds. The van der Waals surface area contributed by atoms with Crippen molar-refractivity contribution in [2.45, 2.75) is 6.18 Å². The molecule has 0 bridgehead atoms. The van der Waals surface area contributed by atoms with Crippen molar-refractivity contribution in [1.82, 2.24) is 0 Å². The van der Waals surface area contributed by atoms with Crippen LogP contribution < -0.4 is 29.6 Å². The molecule has 10 heavy (non-hydrogen) atoms. The molecular formula is C2H2F3NNaO2S-. The van der Waals surface area contributed by atoms with Gasteiger partial charge in [0.15, 0.2) is 5.04 Å². The van der Waals surface area contributed by atoms with Gasteiger partial charge in [-0.15, -0.1) is 0 Å². The van der Waals surface area contributed by atoms with Crippen molar-refractivity contribution in [3.05, 3.63) is 0 Å². The number of rotatable bonds is 0. The maximum Gasteiger partial charge on any atom is 1.00 e. The van der Waals surface area contributed by atoms with E-state index in [2.05, 4.69) is 0 Å². The van der Waals surface area contributed by atoms with Gasteiger partial charge in [0, 0.05) is 11.1 Å². The van der Waals surface area contributed by atoms with Gasteiger partial charge in [0.05, 0.1) is 0 Å². The maximum absolute atomic E-state index is 11.1. The van der Waals surface area contributed by atoms with E-state index in [0.717, 1.165) is 0 Å². The second kappa shape index (κ2) is 4.45. The first-order valence-corrected chi connectivity index (χ1v) is 2.68. The molecule has 0 spiro atoms. The van der Waals surface area contributed by atoms with Crippen molar-refractivity contribution in [3.8, 4) is 0 Å². The third-order valence-corrected chi connectivity index (χ3v) is 0.989. The standard InChI is InChI=1S/C2H2F3NO2S.Na.H/c3-2(4,5)1(6)9(7)8;;/h6H,(H,7,8);;/q;+1;-1/p-1. The predicted octanol–water partition coefficient (Wildman–Crippen LogP) is -2.48. The van der Waals surface area contributed by atoms with Crippen LogP contribution in [-0.4, -0.2) is 20.0 Å². The summed E-state index contributed by atoms with van der Waals surface area (Å²) >= 11 is -3.47. The van der Waals surface area contributed by atoms with E-state index in [4.69, 9.17) is 5.41 Å². The Hall–Kier alpha value is 0.570. The van der Waals surface area contributed by atoms with Crippen molar-refractivity contribution < 1.29 is 52.9 Å². The summed E-state index contributed by atoms with van der Waals surface area (Å²) in [6.07, 6.45) is -5.05. The average molecular weight is 184 g/mol. The topological polar surface area (TPSA) is 64.0 Å². The molecule has 0 heterocycles. The number of alkyl halides is 3. The third kappa shape index (κ3) is 4.40. The molecule has 0 aliphatic carbocycles. The molecular weight excluding hydrogens is 182 g/mol. The van der Waals surface area contributed by atoms with Crippen molar-refractivity contribution in [2.75, 3.05) is 0 Å². The zero-order valence-electron chi connectivity index (χ0n) is 5.86. The van der Waals surface area contributed by atoms with Crippen LogP contribution in [0.15, 0.2) is 0 Å². The molecule has 56 valence electrons. The van der Waals surface area contributed by atoms with Crippen LogP contribution in [0.4, 0.5) is 13.2 Å². The van der Waals surface area contributed by atoms with Gasteiger partial charge in [-0.25, -0.2) is 0 Å². The van der Waals surface area contributed by atoms with Gasteiger partial charge in [0.25, 0.3) is 0 Å². The van der Waals surface area contributed by atoms with E-state index in [1.807, 2.05) is 0 Å². The summed E-state index contributed by atoms with van der Waals surface area (Å²) in [7, 11) is 0. The molecule has 1 N–H and O–H groups in total. The van der Waals surface area contributed by atoms with Gasteiger partial charge in [-0.3, -0.25) is 9.62 Å². The number of nitrogens with one attached hydrogen (secondary N) is 1. The molecule has 1 unspecified atom stereocenters. The van der Waals surface area contributed by atoms with Crippen molar-refractivity contribution >= 4 is 16.1 Å². The van der Waals surface area contributed by atoms with Crippen molar-refractivity contribution in [3.63, 3.8) is 0 Å². The minimum Gasteiger partial charge on any atom is -1.00 e. The minimum atomic E-state index is -5.05. The van der Waals surface area contributed by atoms with Gasteiger partial charge in [-0.1, -0.05) is 0 Å². The van der Waals surface area contributed by atoms with E-state index >= 15 is 0 Å². The molecule has 8 heteroatoms. The SMILES string of the molecule is N=C(S(=O)[O-])C(F)(F)F.[H-].[Na+]. The summed E-state index contributed by atoms with van der Waals surface area (Å²) in [5.41, 5.74) is 0. The van der Waals surface area contributed by atoms with Crippen molar-refractivity contribution in [2.24, 2.45) is 0 Å². The molecule has 0 saturated carbocycles. The summed E-state index contributed by atoms with van der Waals surface area (Å²) < 4.78 is 52.0. The molecule has 0 aromatic carbocycles. The summed E-state index contributed by atoms with van der Waals surface area (Å²) in [6, 6.07) is 0. The first kappa shape index (κ1) is 13.2. The van der Waals surface area contributed by atoms with Gasteiger partial charge in [-0.05, 0) is 0 Å². The quantitative estimate of drug-likeness (QED) is 0.196. The molecule has 0 saturated heterocycles. The van der Waals surface area contributed by atoms with E-state index in [9.17, 15) is 21.9 Å². The first-order valence-electron chi connectivity index (χ1n) is 1.60. The van der Waals surface area contributed by atoms with E-state index in [1.54, 1.807) is 0 Å². The van der Waals surface area contributed by atoms with Gasteiger partial charge in [-0.2, -0.15) is 13.2 Å². The minimum absolute atomic E-state index is 0. The van der Waals surface area contributed by atoms with Gasteiger partial charge >= 0.3 is 35.7 Å². The van der Waals surface area contributed by atoms with E-state index in [1.165, 1.54) is 0 Å². The smallest absolute Gasteiger partial charge is 1.00 e. The maximum atomic E-state index is 11.1. The Balaban J connectivity index is -0.000000320. The van der Waals surface area contributed by atoms with Crippen LogP contribution in [0.3, 0.4) is 0 Å². The summed E-state index contributed by atoms with van der Waals surface area (Å²) in [5, 5.41) is 3.61. The Morgan fingerprint density at radius 3 is 1.90 bits per heavy atom. The van der Waals surface area contributed by atoms with Crippen molar-refractivity contribution in [1.29, 1.82) is 5.41 Å². The second-order valence-corrected chi connectivity index (χ2v) is 1.94. The molecule has 0 aliphatic rings. The zero-order chi connectivity index (χ0) is 7.65. The van der Waals surface area contributed by atoms with Crippen LogP contribution in [0.1, 0.15) is 1.43 Å². The van der Waals surface area contributed by atoms with E-state index in [-0.39, 0.29) is 31.0 Å². The van der Waals surface area contributed by atoms with Gasteiger partial charge in [0.2, 0.25) is 0 Å². The molecule has 0 fully saturated rings. The summed E-state index contributed by atoms with van der Waals surface area (Å²) in [5.74, 6) is 0. The first-order chi connectivity index (χ1) is 3.85. The molecule has 0 aromatic rings. The van der Waals surface area contributed by atoms with Gasteiger partial charge < -0.3 is 5.98 Å². The predicted molar refractivity (Wildman–Crippen MR) is 23.8 cm³/mol. The third-order valence-electron chi connectivity index (χ3n) is 0.424. The van der Waals surface area contributed by atoms with Gasteiger partial charge in [0.1, 0.15) is 0 Å². The molecule has 0 aromatic heterocycles. The molecule has 0 radical (unpaired) electrons. The Morgan fingerprint density at radius 1 is 1.60 bits per heavy atom. The van der Waals surface area contributed by atoms with Crippen LogP contribution in [0.2, 0.25) is 0 Å². The number of hydrogen-bond donors (Lipinski definition) is 1. The Bertz CT molecular complexity index is 162. The fraction of sp³-hybridized carbons (Fsp3) is 0.500. The second-order valence-electron chi connectivity index (χ2n) is 1.06. The summed E-state index contributed by atoms with van der Waals surface area (Å²) in [6.45, 7) is 0. The molecule has 0 aliphatic heterocycles. The monoisotopic (exact) mass is 184 g/mol. The fourth-order valence-electron chi connectivity index (χ4n) is 0.0945. The average Bonchev–Trinajstić information content (AvgIpc) is 1.62. The number of hydrogen-bond acceptors (Lipinski definition) is 3. The van der Waals surface area contributed by atoms with Crippen LogP contribution in [0.5, 0.6) is 0 Å². The van der Waals surface area contributed by atoms with Crippen LogP contribution >= 0.6 is 0 Å². The zero-order valence-corrected chi connectivity index (χ0v) is 7.68. The molecule has 3 nitrogen and oxygen atoms in total. The van der Waals surface area contributed by atoms with Crippen LogP contribution in [0.25, 0.3) is 0 Å². The Kier molecular flexibility index (Phi) is 5.86. The normalized spacial score (nSPS) is 13.6. The summed E-state index contributed by atoms with van der Waals surface area (Å²) in [4.78, 5) is 0. The Morgan fingerprint density at radius 2 is 1.90 bits per heavy atom. The van der Waals surface area contributed by atoms with Crippen LogP contribution in [0, 0.1) is 5.41 Å². The molecule has 1 atom stereocenters. The Labute approximate surface area is 80.6 Å². The van der Waals surface area contributed by atoms with Crippen LogP contribution in [-0.2, 0) is 11.1 Å². The fourth-order valence-corrected chi connectivity index (χ4v) is 0.283. The van der Waals surface area contributed by atoms with E-state index < -0.39 is 22.3 Å².